The van der Waals surface area contributed by atoms with Gasteiger partial charge >= 0.3 is 12.1 Å². The molecule has 3 aliphatic rings. The van der Waals surface area contributed by atoms with Gasteiger partial charge < -0.3 is 9.64 Å². The van der Waals surface area contributed by atoms with Crippen LogP contribution < -0.4 is 9.80 Å². The summed E-state index contributed by atoms with van der Waals surface area (Å²) in [7, 11) is 0. The molecular formula is C35H25F3N2O4. The zero-order valence-corrected chi connectivity index (χ0v) is 23.1. The van der Waals surface area contributed by atoms with E-state index in [1.807, 2.05) is 78.9 Å². The molecule has 220 valence electrons. The van der Waals surface area contributed by atoms with Crippen LogP contribution in [0.15, 0.2) is 115 Å². The minimum absolute atomic E-state index is 0.547. The molecule has 0 unspecified atom stereocenters. The van der Waals surface area contributed by atoms with Crippen molar-refractivity contribution in [2.45, 2.75) is 24.4 Å². The van der Waals surface area contributed by atoms with Gasteiger partial charge in [0.2, 0.25) is 11.8 Å². The quantitative estimate of drug-likeness (QED) is 0.197. The summed E-state index contributed by atoms with van der Waals surface area (Å²) in [5.74, 6) is -4.77. The lowest BCUT2D eigenvalue weighted by atomic mass is 9.88. The molecule has 4 aromatic rings. The number of esters is 1. The minimum Gasteiger partial charge on any atom is -0.451 e. The van der Waals surface area contributed by atoms with E-state index in [2.05, 4.69) is 0 Å². The van der Waals surface area contributed by atoms with Gasteiger partial charge in [0, 0.05) is 5.69 Å². The molecule has 0 N–H and O–H groups in total. The van der Waals surface area contributed by atoms with Crippen LogP contribution in [-0.4, -0.2) is 29.9 Å². The van der Waals surface area contributed by atoms with Crippen molar-refractivity contribution in [3.63, 3.8) is 0 Å². The van der Waals surface area contributed by atoms with Gasteiger partial charge in [-0.05, 0) is 34.9 Å². The number of anilines is 2. The topological polar surface area (TPSA) is 66.9 Å². The summed E-state index contributed by atoms with van der Waals surface area (Å²) in [6, 6.07) is 28.0. The normalized spacial score (nSPS) is 22.2. The van der Waals surface area contributed by atoms with Crippen LogP contribution in [0.4, 0.5) is 24.5 Å². The number of halogens is 3. The maximum absolute atomic E-state index is 14.4. The van der Waals surface area contributed by atoms with E-state index in [0.29, 0.717) is 21.7 Å². The lowest BCUT2D eigenvalue weighted by molar-refractivity contribution is -0.151. The number of imide groups is 1. The van der Waals surface area contributed by atoms with E-state index in [1.54, 1.807) is 23.1 Å². The second-order valence-corrected chi connectivity index (χ2v) is 11.0. The average molecular weight is 595 g/mol. The Balaban J connectivity index is 1.33. The molecule has 9 heteroatoms. The van der Waals surface area contributed by atoms with Gasteiger partial charge in [-0.1, -0.05) is 103 Å². The smallest absolute Gasteiger partial charge is 0.418 e. The maximum Gasteiger partial charge on any atom is 0.418 e. The summed E-state index contributed by atoms with van der Waals surface area (Å²) in [6.07, 6.45) is -2.08. The lowest BCUT2D eigenvalue weighted by Gasteiger charge is -2.36. The third-order valence-electron chi connectivity index (χ3n) is 8.55. The molecule has 0 radical (unpaired) electrons. The van der Waals surface area contributed by atoms with Crippen LogP contribution in [0.3, 0.4) is 0 Å². The summed E-state index contributed by atoms with van der Waals surface area (Å²) in [6.45, 7) is 0. The van der Waals surface area contributed by atoms with Gasteiger partial charge in [0.25, 0.3) is 0 Å². The second kappa shape index (κ2) is 10.5. The second-order valence-electron chi connectivity index (χ2n) is 11.0. The van der Waals surface area contributed by atoms with Crippen molar-refractivity contribution < 1.29 is 32.3 Å². The predicted octanol–water partition coefficient (Wildman–Crippen LogP) is 6.43. The van der Waals surface area contributed by atoms with E-state index in [4.69, 9.17) is 4.74 Å². The number of hydrogen-bond acceptors (Lipinski definition) is 5. The van der Waals surface area contributed by atoms with Crippen LogP contribution in [0.1, 0.15) is 28.4 Å². The first-order valence-electron chi connectivity index (χ1n) is 14.2. The first-order valence-corrected chi connectivity index (χ1v) is 14.2. The Hall–Kier alpha value is -5.18. The third-order valence-corrected chi connectivity index (χ3v) is 8.55. The Morgan fingerprint density at radius 2 is 1.25 bits per heavy atom. The van der Waals surface area contributed by atoms with Gasteiger partial charge in [0.1, 0.15) is 6.04 Å². The molecule has 4 atom stereocenters. The number of hydrogen-bond donors (Lipinski definition) is 0. The van der Waals surface area contributed by atoms with Crippen LogP contribution >= 0.6 is 0 Å². The van der Waals surface area contributed by atoms with Crippen molar-refractivity contribution in [2.75, 3.05) is 9.80 Å². The number of rotatable bonds is 5. The largest absolute Gasteiger partial charge is 0.451 e. The van der Waals surface area contributed by atoms with Crippen LogP contribution in [0.2, 0.25) is 0 Å². The summed E-state index contributed by atoms with van der Waals surface area (Å²) >= 11 is 0. The van der Waals surface area contributed by atoms with Crippen LogP contribution in [0.5, 0.6) is 0 Å². The van der Waals surface area contributed by atoms with E-state index < -0.39 is 65.2 Å². The van der Waals surface area contributed by atoms with Gasteiger partial charge in [-0.2, -0.15) is 13.2 Å². The van der Waals surface area contributed by atoms with E-state index in [-0.39, 0.29) is 0 Å². The lowest BCUT2D eigenvalue weighted by Crippen LogP contribution is -2.49. The molecule has 6 nitrogen and oxygen atoms in total. The van der Waals surface area contributed by atoms with Gasteiger partial charge in [-0.3, -0.25) is 9.59 Å². The maximum atomic E-state index is 14.4. The molecule has 2 amide bonds. The number of carbonyl (C=O) groups is 3. The van der Waals surface area contributed by atoms with E-state index >= 15 is 0 Å². The Labute approximate surface area is 251 Å². The number of carbonyl (C=O) groups excluding carboxylic acids is 3. The molecule has 2 saturated heterocycles. The molecular weight excluding hydrogens is 569 g/mol. The monoisotopic (exact) mass is 594 g/mol. The summed E-state index contributed by atoms with van der Waals surface area (Å²) < 4.78 is 48.2. The number of nitrogens with zero attached hydrogens (tertiary/aromatic N) is 2. The highest BCUT2D eigenvalue weighted by molar-refractivity contribution is 6.25. The highest BCUT2D eigenvalue weighted by atomic mass is 19.4. The Morgan fingerprint density at radius 1 is 0.705 bits per heavy atom. The van der Waals surface area contributed by atoms with Crippen molar-refractivity contribution in [1.29, 1.82) is 0 Å². The number of alkyl halides is 3. The average Bonchev–Trinajstić information content (AvgIpc) is 3.52. The molecule has 0 bridgehead atoms. The summed E-state index contributed by atoms with van der Waals surface area (Å²) in [4.78, 5) is 44.9. The fraction of sp³-hybridized carbons (Fsp3) is 0.171. The molecule has 7 rings (SSSR count). The number of amides is 2. The van der Waals surface area contributed by atoms with E-state index in [0.717, 1.165) is 17.7 Å². The molecule has 0 saturated carbocycles. The standard InChI is InChI=1S/C35H25F3N2O4/c36-35(37,38)24-16-8-10-18-26(24)40-32(41)28-27-20-19-21-11-7-9-17-25(21)39(27)30(29(28)33(40)42)34(43)44-31(22-12-3-1-4-13-22)23-14-5-2-6-15-23/h1-20,27-31H/t27-,28-,29+,30-/m1/s1. The van der Waals surface area contributed by atoms with Gasteiger partial charge in [0.05, 0.1) is 29.1 Å². The minimum atomic E-state index is -4.80. The number of fused-ring (bicyclic) bond motifs is 5. The third kappa shape index (κ3) is 4.38. The Kier molecular flexibility index (Phi) is 6.61. The van der Waals surface area contributed by atoms with Gasteiger partial charge in [-0.25, -0.2) is 9.69 Å². The predicted molar refractivity (Wildman–Crippen MR) is 157 cm³/mol. The Morgan fingerprint density at radius 3 is 1.89 bits per heavy atom. The molecule has 2 fully saturated rings. The van der Waals surface area contributed by atoms with Crippen molar-refractivity contribution in [2.24, 2.45) is 11.8 Å². The first-order chi connectivity index (χ1) is 21.3. The summed E-state index contributed by atoms with van der Waals surface area (Å²) in [5.41, 5.74) is 1.17. The highest BCUT2D eigenvalue weighted by Gasteiger charge is 2.65. The zero-order valence-electron chi connectivity index (χ0n) is 23.1. The zero-order chi connectivity index (χ0) is 30.6. The molecule has 0 aromatic heterocycles. The van der Waals surface area contributed by atoms with Crippen molar-refractivity contribution >= 4 is 35.2 Å². The molecule has 4 aromatic carbocycles. The molecule has 3 heterocycles. The van der Waals surface area contributed by atoms with Crippen LogP contribution in [0.25, 0.3) is 6.08 Å². The van der Waals surface area contributed by atoms with E-state index in [9.17, 15) is 27.6 Å². The first kappa shape index (κ1) is 27.6. The molecule has 44 heavy (non-hydrogen) atoms. The highest BCUT2D eigenvalue weighted by Crippen LogP contribution is 2.51. The van der Waals surface area contributed by atoms with Gasteiger partial charge in [0.15, 0.2) is 6.10 Å². The number of ether oxygens (including phenoxy) is 1. The number of benzene rings is 4. The Bertz CT molecular complexity index is 1750. The molecule has 3 aliphatic heterocycles. The fourth-order valence-electron chi connectivity index (χ4n) is 6.70. The SMILES string of the molecule is O=C(OC(c1ccccc1)c1ccccc1)[C@H]1[C@H]2C(=O)N(c3ccccc3C(F)(F)F)C(=O)[C@@H]2[C@H]2C=Cc3ccccc3N21. The summed E-state index contributed by atoms with van der Waals surface area (Å²) in [5, 5.41) is 0. The molecule has 0 aliphatic carbocycles. The van der Waals surface area contributed by atoms with Crippen molar-refractivity contribution in [1.82, 2.24) is 0 Å². The number of para-hydroxylation sites is 2. The van der Waals surface area contributed by atoms with Gasteiger partial charge in [-0.15, -0.1) is 0 Å². The molecule has 0 spiro atoms. The van der Waals surface area contributed by atoms with Crippen molar-refractivity contribution in [3.8, 4) is 0 Å². The van der Waals surface area contributed by atoms with Crippen molar-refractivity contribution in [3.05, 3.63) is 138 Å². The van der Waals surface area contributed by atoms with Crippen LogP contribution in [0, 0.1) is 11.8 Å². The fourth-order valence-corrected chi connectivity index (χ4v) is 6.70. The van der Waals surface area contributed by atoms with E-state index in [1.165, 1.54) is 12.1 Å². The van der Waals surface area contributed by atoms with Crippen LogP contribution in [-0.2, 0) is 25.3 Å².